The zero-order valence-corrected chi connectivity index (χ0v) is 18.0. The van der Waals surface area contributed by atoms with E-state index in [1.807, 2.05) is 24.3 Å². The molecule has 2 rings (SSSR count). The van der Waals surface area contributed by atoms with Crippen molar-refractivity contribution in [3.8, 4) is 0 Å². The lowest BCUT2D eigenvalue weighted by Crippen LogP contribution is -2.26. The van der Waals surface area contributed by atoms with Gasteiger partial charge in [-0.25, -0.2) is 0 Å². The summed E-state index contributed by atoms with van der Waals surface area (Å²) in [5.41, 5.74) is 1.02. The summed E-state index contributed by atoms with van der Waals surface area (Å²) in [6.07, 6.45) is 8.50. The monoisotopic (exact) mass is 427 g/mol. The van der Waals surface area contributed by atoms with E-state index in [4.69, 9.17) is 0 Å². The summed E-state index contributed by atoms with van der Waals surface area (Å²) in [7, 11) is 0. The highest BCUT2D eigenvalue weighted by Crippen LogP contribution is 2.23. The molecule has 0 aromatic heterocycles. The fraction of sp³-hybridized carbons (Fsp3) is 0.435. The molecule has 8 heteroatoms. The first kappa shape index (κ1) is 24.0. The van der Waals surface area contributed by atoms with Crippen molar-refractivity contribution in [3.63, 3.8) is 0 Å². The van der Waals surface area contributed by atoms with Crippen LogP contribution in [0.5, 0.6) is 0 Å². The lowest BCUT2D eigenvalue weighted by Gasteiger charge is -2.15. The number of amides is 1. The average Bonchev–Trinajstić information content (AvgIpc) is 2.76. The molecule has 166 valence electrons. The SMILES string of the molecule is CCCCCCCCc1ccc([C@H](C)NC(=O)c2cc([N+](=O)[O-])cc([N+](=O)[O-])c2)cc1. The number of nitro groups is 2. The summed E-state index contributed by atoms with van der Waals surface area (Å²) in [5.74, 6) is -0.601. The zero-order valence-electron chi connectivity index (χ0n) is 18.0. The van der Waals surface area contributed by atoms with E-state index in [9.17, 15) is 25.0 Å². The van der Waals surface area contributed by atoms with Gasteiger partial charge in [0, 0.05) is 12.1 Å². The summed E-state index contributed by atoms with van der Waals surface area (Å²) in [4.78, 5) is 33.1. The Bertz CT molecular complexity index is 880. The number of nitrogens with one attached hydrogen (secondary N) is 1. The molecule has 0 saturated heterocycles. The number of unbranched alkanes of at least 4 members (excludes halogenated alkanes) is 5. The van der Waals surface area contributed by atoms with Crippen molar-refractivity contribution in [2.45, 2.75) is 64.8 Å². The van der Waals surface area contributed by atoms with Gasteiger partial charge < -0.3 is 5.32 Å². The number of hydrogen-bond donors (Lipinski definition) is 1. The summed E-state index contributed by atoms with van der Waals surface area (Å²) < 4.78 is 0. The van der Waals surface area contributed by atoms with Crippen LogP contribution in [0.15, 0.2) is 42.5 Å². The Hall–Kier alpha value is -3.29. The van der Waals surface area contributed by atoms with E-state index in [0.29, 0.717) is 0 Å². The van der Waals surface area contributed by atoms with Crippen molar-refractivity contribution in [1.29, 1.82) is 0 Å². The van der Waals surface area contributed by atoms with E-state index in [0.717, 1.165) is 36.6 Å². The van der Waals surface area contributed by atoms with Gasteiger partial charge in [-0.3, -0.25) is 25.0 Å². The zero-order chi connectivity index (χ0) is 22.8. The molecule has 0 heterocycles. The third-order valence-corrected chi connectivity index (χ3v) is 5.23. The number of nitrogens with zero attached hydrogens (tertiary/aromatic N) is 2. The molecule has 0 saturated carbocycles. The molecule has 0 aliphatic rings. The van der Waals surface area contributed by atoms with Crippen LogP contribution in [-0.2, 0) is 6.42 Å². The van der Waals surface area contributed by atoms with E-state index < -0.39 is 27.1 Å². The van der Waals surface area contributed by atoms with Gasteiger partial charge in [-0.05, 0) is 30.9 Å². The topological polar surface area (TPSA) is 115 Å². The molecule has 0 radical (unpaired) electrons. The van der Waals surface area contributed by atoms with Gasteiger partial charge in [-0.1, -0.05) is 63.3 Å². The van der Waals surface area contributed by atoms with Crippen LogP contribution in [0, 0.1) is 20.2 Å². The molecule has 0 aliphatic heterocycles. The van der Waals surface area contributed by atoms with Crippen LogP contribution in [0.3, 0.4) is 0 Å². The third kappa shape index (κ3) is 7.47. The average molecular weight is 428 g/mol. The van der Waals surface area contributed by atoms with Gasteiger partial charge in [-0.15, -0.1) is 0 Å². The lowest BCUT2D eigenvalue weighted by molar-refractivity contribution is -0.394. The Kier molecular flexibility index (Phi) is 9.12. The Morgan fingerprint density at radius 3 is 2.00 bits per heavy atom. The maximum absolute atomic E-state index is 12.5. The van der Waals surface area contributed by atoms with Crippen LogP contribution < -0.4 is 5.32 Å². The first-order chi connectivity index (χ1) is 14.8. The highest BCUT2D eigenvalue weighted by Gasteiger charge is 2.21. The Balaban J connectivity index is 1.97. The fourth-order valence-electron chi connectivity index (χ4n) is 3.38. The minimum absolute atomic E-state index is 0.118. The number of benzene rings is 2. The molecule has 8 nitrogen and oxygen atoms in total. The molecular weight excluding hydrogens is 398 g/mol. The molecule has 2 aromatic carbocycles. The second-order valence-electron chi connectivity index (χ2n) is 7.71. The molecule has 1 atom stereocenters. The predicted octanol–water partition coefficient (Wildman–Crippen LogP) is 5.90. The predicted molar refractivity (Wildman–Crippen MR) is 119 cm³/mol. The first-order valence-electron chi connectivity index (χ1n) is 10.7. The molecule has 2 aromatic rings. The highest BCUT2D eigenvalue weighted by molar-refractivity contribution is 5.95. The second kappa shape index (κ2) is 11.8. The number of non-ortho nitro benzene ring substituents is 2. The van der Waals surface area contributed by atoms with E-state index in [1.54, 1.807) is 6.92 Å². The van der Waals surface area contributed by atoms with Gasteiger partial charge in [0.1, 0.15) is 0 Å². The summed E-state index contributed by atoms with van der Waals surface area (Å²) >= 11 is 0. The second-order valence-corrected chi connectivity index (χ2v) is 7.71. The molecule has 31 heavy (non-hydrogen) atoms. The maximum atomic E-state index is 12.5. The van der Waals surface area contributed by atoms with Crippen molar-refractivity contribution < 1.29 is 14.6 Å². The molecule has 0 bridgehead atoms. The minimum atomic E-state index is -0.754. The quantitative estimate of drug-likeness (QED) is 0.257. The highest BCUT2D eigenvalue weighted by atomic mass is 16.6. The molecule has 0 spiro atoms. The molecule has 1 N–H and O–H groups in total. The third-order valence-electron chi connectivity index (χ3n) is 5.23. The van der Waals surface area contributed by atoms with Crippen LogP contribution in [0.2, 0.25) is 0 Å². The van der Waals surface area contributed by atoms with Crippen molar-refractivity contribution in [2.24, 2.45) is 0 Å². The fourth-order valence-corrected chi connectivity index (χ4v) is 3.38. The first-order valence-corrected chi connectivity index (χ1v) is 10.7. The number of carbonyl (C=O) groups is 1. The molecule has 1 amide bonds. The Morgan fingerprint density at radius 1 is 0.903 bits per heavy atom. The standard InChI is InChI=1S/C23H29N3O5/c1-3-4-5-6-7-8-9-18-10-12-19(13-11-18)17(2)24-23(27)20-14-21(25(28)29)16-22(15-20)26(30)31/h10-17H,3-9H2,1-2H3,(H,24,27)/t17-/m0/s1. The number of rotatable bonds is 12. The molecular formula is C23H29N3O5. The largest absolute Gasteiger partial charge is 0.346 e. The minimum Gasteiger partial charge on any atom is -0.346 e. The van der Waals surface area contributed by atoms with Gasteiger partial charge in [0.05, 0.1) is 27.5 Å². The Morgan fingerprint density at radius 2 is 1.45 bits per heavy atom. The molecule has 0 fully saturated rings. The van der Waals surface area contributed by atoms with Crippen LogP contribution in [0.4, 0.5) is 11.4 Å². The van der Waals surface area contributed by atoms with Crippen LogP contribution >= 0.6 is 0 Å². The molecule has 0 unspecified atom stereocenters. The van der Waals surface area contributed by atoms with Crippen LogP contribution in [0.1, 0.15) is 79.9 Å². The van der Waals surface area contributed by atoms with Gasteiger partial charge in [0.2, 0.25) is 0 Å². The summed E-state index contributed by atoms with van der Waals surface area (Å²) in [5, 5.41) is 24.8. The molecule has 0 aliphatic carbocycles. The summed E-state index contributed by atoms with van der Waals surface area (Å²) in [6, 6.07) is 10.6. The van der Waals surface area contributed by atoms with E-state index >= 15 is 0 Å². The number of aryl methyl sites for hydroxylation is 1. The number of nitro benzene ring substituents is 2. The van der Waals surface area contributed by atoms with Crippen molar-refractivity contribution in [1.82, 2.24) is 5.32 Å². The van der Waals surface area contributed by atoms with Gasteiger partial charge in [0.15, 0.2) is 0 Å². The smallest absolute Gasteiger partial charge is 0.277 e. The number of carbonyl (C=O) groups excluding carboxylic acids is 1. The van der Waals surface area contributed by atoms with Gasteiger partial charge in [0.25, 0.3) is 17.3 Å². The summed E-state index contributed by atoms with van der Waals surface area (Å²) in [6.45, 7) is 4.00. The van der Waals surface area contributed by atoms with E-state index in [2.05, 4.69) is 12.2 Å². The van der Waals surface area contributed by atoms with Gasteiger partial charge in [-0.2, -0.15) is 0 Å². The Labute approximate surface area is 182 Å². The van der Waals surface area contributed by atoms with Gasteiger partial charge >= 0.3 is 0 Å². The van der Waals surface area contributed by atoms with Crippen LogP contribution in [0.25, 0.3) is 0 Å². The van der Waals surface area contributed by atoms with E-state index in [1.165, 1.54) is 37.7 Å². The van der Waals surface area contributed by atoms with Crippen molar-refractivity contribution in [3.05, 3.63) is 79.4 Å². The normalized spacial score (nSPS) is 11.7. The van der Waals surface area contributed by atoms with Crippen molar-refractivity contribution in [2.75, 3.05) is 0 Å². The number of hydrogen-bond acceptors (Lipinski definition) is 5. The van der Waals surface area contributed by atoms with Crippen LogP contribution in [-0.4, -0.2) is 15.8 Å². The van der Waals surface area contributed by atoms with Crippen molar-refractivity contribution >= 4 is 17.3 Å². The van der Waals surface area contributed by atoms with E-state index in [-0.39, 0.29) is 11.6 Å². The maximum Gasteiger partial charge on any atom is 0.277 e. The lowest BCUT2D eigenvalue weighted by atomic mass is 10.0.